The second-order valence-corrected chi connectivity index (χ2v) is 13.7. The lowest BCUT2D eigenvalue weighted by Gasteiger charge is -2.30. The maximum atomic E-state index is 14.3. The first-order valence-electron chi connectivity index (χ1n) is 18.4. The van der Waals surface area contributed by atoms with E-state index in [1.165, 1.54) is 0 Å². The van der Waals surface area contributed by atoms with Gasteiger partial charge in [-0.15, -0.1) is 0 Å². The summed E-state index contributed by atoms with van der Waals surface area (Å²) in [5.74, 6) is -1.04. The van der Waals surface area contributed by atoms with E-state index in [4.69, 9.17) is 5.73 Å². The third-order valence-electron chi connectivity index (χ3n) is 9.89. The zero-order chi connectivity index (χ0) is 36.3. The summed E-state index contributed by atoms with van der Waals surface area (Å²) in [6, 6.07) is 25.6. The van der Waals surface area contributed by atoms with Crippen molar-refractivity contribution >= 4 is 51.5 Å². The Bertz CT molecular complexity index is 1870. The van der Waals surface area contributed by atoms with E-state index in [9.17, 15) is 19.2 Å². The predicted octanol–water partition coefficient (Wildman–Crippen LogP) is 5.00. The van der Waals surface area contributed by atoms with Gasteiger partial charge in [0.05, 0.1) is 11.4 Å². The highest BCUT2D eigenvalue weighted by molar-refractivity contribution is 6.09. The van der Waals surface area contributed by atoms with Crippen LogP contribution in [0.25, 0.3) is 10.8 Å². The number of anilines is 3. The van der Waals surface area contributed by atoms with Gasteiger partial charge in [-0.3, -0.25) is 14.4 Å². The SMILES string of the molecule is NC(=O)C(Cc1ccc2ccccc2c1)NC(=O)Nc1cc(NC(=O)CCCc2ccccc2)c(N2CCCNCC2)c(C(=O)C2CCNCC2)c1. The highest BCUT2D eigenvalue weighted by Gasteiger charge is 2.30. The van der Waals surface area contributed by atoms with E-state index < -0.39 is 18.0 Å². The van der Waals surface area contributed by atoms with Crippen molar-refractivity contribution in [2.45, 2.75) is 51.0 Å². The minimum absolute atomic E-state index is 0.0105. The summed E-state index contributed by atoms with van der Waals surface area (Å²) < 4.78 is 0. The first-order valence-corrected chi connectivity index (χ1v) is 18.4. The molecule has 11 heteroatoms. The van der Waals surface area contributed by atoms with Crippen LogP contribution in [0.1, 0.15) is 53.6 Å². The van der Waals surface area contributed by atoms with Crippen LogP contribution in [0.2, 0.25) is 0 Å². The van der Waals surface area contributed by atoms with Crippen molar-refractivity contribution in [3.05, 3.63) is 102 Å². The van der Waals surface area contributed by atoms with Gasteiger partial charge in [-0.05, 0) is 85.8 Å². The van der Waals surface area contributed by atoms with Gasteiger partial charge in [0.15, 0.2) is 5.78 Å². The third-order valence-corrected chi connectivity index (χ3v) is 9.89. The van der Waals surface area contributed by atoms with Gasteiger partial charge in [-0.25, -0.2) is 4.79 Å². The Balaban J connectivity index is 1.27. The fourth-order valence-electron chi connectivity index (χ4n) is 7.16. The lowest BCUT2D eigenvalue weighted by Crippen LogP contribution is -2.47. The van der Waals surface area contributed by atoms with E-state index >= 15 is 0 Å². The molecule has 2 aliphatic rings. The molecular formula is C41H49N7O4. The normalized spacial score (nSPS) is 15.7. The molecule has 7 N–H and O–H groups in total. The molecule has 2 heterocycles. The number of hydrogen-bond donors (Lipinski definition) is 6. The first-order chi connectivity index (χ1) is 25.3. The summed E-state index contributed by atoms with van der Waals surface area (Å²) in [4.78, 5) is 56.1. The number of hydrogen-bond acceptors (Lipinski definition) is 7. The standard InChI is InChI=1S/C41H49N7O4/c42-40(51)36(25-29-14-15-30-11-4-5-12-32(30)24-29)47-41(52)45-33-26-34(39(50)31-16-19-44-20-17-31)38(48-22-7-18-43-21-23-48)35(27-33)46-37(49)13-6-10-28-8-2-1-3-9-28/h1-5,8-9,11-12,14-15,24,26-27,31,36,43-44H,6-7,10,13,16-23,25H2,(H2,42,51)(H,46,49)(H2,45,47,52). The molecule has 11 nitrogen and oxygen atoms in total. The second-order valence-electron chi connectivity index (χ2n) is 13.7. The summed E-state index contributed by atoms with van der Waals surface area (Å²) in [6.45, 7) is 4.45. The van der Waals surface area contributed by atoms with Gasteiger partial charge in [0.2, 0.25) is 11.8 Å². The molecule has 4 amide bonds. The van der Waals surface area contributed by atoms with E-state index in [0.717, 1.165) is 60.9 Å². The highest BCUT2D eigenvalue weighted by atomic mass is 16.2. The van der Waals surface area contributed by atoms with Gasteiger partial charge in [0.1, 0.15) is 6.04 Å². The van der Waals surface area contributed by atoms with Crippen LogP contribution in [0.4, 0.5) is 21.9 Å². The van der Waals surface area contributed by atoms with Gasteiger partial charge < -0.3 is 37.2 Å². The van der Waals surface area contributed by atoms with Crippen LogP contribution >= 0.6 is 0 Å². The topological polar surface area (TPSA) is 158 Å². The molecule has 2 aliphatic heterocycles. The van der Waals surface area contributed by atoms with Crippen LogP contribution in [-0.2, 0) is 22.4 Å². The Kier molecular flexibility index (Phi) is 12.5. The Morgan fingerprint density at radius 1 is 0.788 bits per heavy atom. The van der Waals surface area contributed by atoms with Crippen LogP contribution in [0, 0.1) is 5.92 Å². The molecule has 1 atom stereocenters. The monoisotopic (exact) mass is 703 g/mol. The molecular weight excluding hydrogens is 654 g/mol. The Labute approximate surface area is 305 Å². The number of nitrogens with one attached hydrogen (secondary N) is 5. The number of ketones is 1. The van der Waals surface area contributed by atoms with Crippen LogP contribution in [-0.4, -0.2) is 68.9 Å². The van der Waals surface area contributed by atoms with E-state index in [1.807, 2.05) is 72.8 Å². The van der Waals surface area contributed by atoms with Crippen molar-refractivity contribution in [2.24, 2.45) is 11.7 Å². The molecule has 1 unspecified atom stereocenters. The van der Waals surface area contributed by atoms with E-state index in [-0.39, 0.29) is 24.0 Å². The fourth-order valence-corrected chi connectivity index (χ4v) is 7.16. The minimum atomic E-state index is -0.982. The first kappa shape index (κ1) is 36.5. The number of amides is 4. The highest BCUT2D eigenvalue weighted by Crippen LogP contribution is 2.37. The number of primary amides is 1. The Morgan fingerprint density at radius 2 is 1.54 bits per heavy atom. The molecule has 0 aromatic heterocycles. The quantitative estimate of drug-likeness (QED) is 0.107. The lowest BCUT2D eigenvalue weighted by atomic mass is 9.88. The average molecular weight is 704 g/mol. The van der Waals surface area contributed by atoms with E-state index in [2.05, 4.69) is 31.5 Å². The molecule has 0 spiro atoms. The van der Waals surface area contributed by atoms with Crippen molar-refractivity contribution in [2.75, 3.05) is 54.8 Å². The molecule has 4 aromatic carbocycles. The fraction of sp³-hybridized carbons (Fsp3) is 0.366. The largest absolute Gasteiger partial charge is 0.368 e. The predicted molar refractivity (Wildman–Crippen MR) is 207 cm³/mol. The molecule has 6 rings (SSSR count). The number of Topliss-reactive ketones (excluding diaryl/α,β-unsaturated/α-hetero) is 1. The molecule has 0 radical (unpaired) electrons. The molecule has 2 saturated heterocycles. The second kappa shape index (κ2) is 17.8. The maximum Gasteiger partial charge on any atom is 0.319 e. The lowest BCUT2D eigenvalue weighted by molar-refractivity contribution is -0.119. The molecule has 0 bridgehead atoms. The van der Waals surface area contributed by atoms with E-state index in [1.54, 1.807) is 12.1 Å². The number of carbonyl (C=O) groups is 4. The van der Waals surface area contributed by atoms with Gasteiger partial charge in [0, 0.05) is 49.6 Å². The number of nitrogens with zero attached hydrogens (tertiary/aromatic N) is 1. The average Bonchev–Trinajstić information content (AvgIpc) is 3.44. The molecule has 0 aliphatic carbocycles. The minimum Gasteiger partial charge on any atom is -0.368 e. The van der Waals surface area contributed by atoms with Crippen molar-refractivity contribution in [3.8, 4) is 0 Å². The number of rotatable bonds is 13. The van der Waals surface area contributed by atoms with E-state index in [0.29, 0.717) is 61.4 Å². The molecule has 272 valence electrons. The van der Waals surface area contributed by atoms with Crippen molar-refractivity contribution in [1.82, 2.24) is 16.0 Å². The number of piperidine rings is 1. The smallest absolute Gasteiger partial charge is 0.319 e. The Morgan fingerprint density at radius 3 is 2.33 bits per heavy atom. The number of fused-ring (bicyclic) bond motifs is 1. The zero-order valence-electron chi connectivity index (χ0n) is 29.6. The van der Waals surface area contributed by atoms with Gasteiger partial charge in [0.25, 0.3) is 0 Å². The van der Waals surface area contributed by atoms with Crippen LogP contribution in [0.3, 0.4) is 0 Å². The molecule has 0 saturated carbocycles. The van der Waals surface area contributed by atoms with Gasteiger partial charge >= 0.3 is 6.03 Å². The van der Waals surface area contributed by atoms with Crippen LogP contribution in [0.5, 0.6) is 0 Å². The molecule has 4 aromatic rings. The summed E-state index contributed by atoms with van der Waals surface area (Å²) in [5, 5.41) is 17.6. The summed E-state index contributed by atoms with van der Waals surface area (Å²) in [6.07, 6.45) is 4.20. The molecule has 52 heavy (non-hydrogen) atoms. The maximum absolute atomic E-state index is 14.3. The third kappa shape index (κ3) is 9.74. The number of urea groups is 1. The van der Waals surface area contributed by atoms with Crippen LogP contribution in [0.15, 0.2) is 84.9 Å². The summed E-state index contributed by atoms with van der Waals surface area (Å²) >= 11 is 0. The number of carbonyl (C=O) groups excluding carboxylic acids is 4. The number of benzene rings is 4. The van der Waals surface area contributed by atoms with Gasteiger partial charge in [-0.2, -0.15) is 0 Å². The van der Waals surface area contributed by atoms with Crippen molar-refractivity contribution < 1.29 is 19.2 Å². The number of aryl methyl sites for hydroxylation is 1. The zero-order valence-corrected chi connectivity index (χ0v) is 29.6. The van der Waals surface area contributed by atoms with Gasteiger partial charge in [-0.1, -0.05) is 72.8 Å². The summed E-state index contributed by atoms with van der Waals surface area (Å²) in [5.41, 5.74) is 9.74. The Hall–Kier alpha value is -5.26. The van der Waals surface area contributed by atoms with Crippen LogP contribution < -0.4 is 37.2 Å². The molecule has 2 fully saturated rings. The number of nitrogens with two attached hydrogens (primary N) is 1. The summed E-state index contributed by atoms with van der Waals surface area (Å²) in [7, 11) is 0. The van der Waals surface area contributed by atoms with Crippen molar-refractivity contribution in [1.29, 1.82) is 0 Å². The van der Waals surface area contributed by atoms with Crippen molar-refractivity contribution in [3.63, 3.8) is 0 Å².